The molecule has 0 atom stereocenters. The molecule has 0 bridgehead atoms. The summed E-state index contributed by atoms with van der Waals surface area (Å²) in [6, 6.07) is 3.13. The van der Waals surface area contributed by atoms with Crippen LogP contribution in [0, 0.1) is 0 Å². The van der Waals surface area contributed by atoms with Crippen LogP contribution < -0.4 is 9.47 Å². The van der Waals surface area contributed by atoms with Gasteiger partial charge in [0.05, 0.1) is 5.56 Å². The fraction of sp³-hybridized carbons (Fsp3) is 0.385. The van der Waals surface area contributed by atoms with Crippen LogP contribution in [0.3, 0.4) is 0 Å². The Labute approximate surface area is 100 Å². The van der Waals surface area contributed by atoms with Crippen molar-refractivity contribution >= 4 is 6.08 Å². The standard InChI is InChI=1S/C13H16O4/c1-13(2)5-4-10-11(16-8-15-3)6-9(14)7-12(10)17-13/h4-7,14H,8H2,1-3H3. The van der Waals surface area contributed by atoms with Gasteiger partial charge in [-0.1, -0.05) is 0 Å². The zero-order valence-electron chi connectivity index (χ0n) is 10.2. The molecule has 1 aromatic rings. The summed E-state index contributed by atoms with van der Waals surface area (Å²) in [6.07, 6.45) is 3.88. The summed E-state index contributed by atoms with van der Waals surface area (Å²) in [6.45, 7) is 4.03. The van der Waals surface area contributed by atoms with E-state index < -0.39 is 0 Å². The van der Waals surface area contributed by atoms with E-state index in [9.17, 15) is 5.11 Å². The number of rotatable bonds is 3. The molecule has 0 aliphatic carbocycles. The van der Waals surface area contributed by atoms with Gasteiger partial charge in [0.2, 0.25) is 0 Å². The van der Waals surface area contributed by atoms with Crippen LogP contribution in [0.1, 0.15) is 19.4 Å². The molecule has 92 valence electrons. The first-order valence-electron chi connectivity index (χ1n) is 5.39. The smallest absolute Gasteiger partial charge is 0.188 e. The SMILES string of the molecule is COCOc1cc(O)cc2c1C=CC(C)(C)O2. The fourth-order valence-electron chi connectivity index (χ4n) is 1.68. The average molecular weight is 236 g/mol. The first kappa shape index (κ1) is 11.8. The molecule has 0 saturated carbocycles. The Bertz CT molecular complexity index is 449. The average Bonchev–Trinajstić information content (AvgIpc) is 2.23. The van der Waals surface area contributed by atoms with Crippen LogP contribution >= 0.6 is 0 Å². The molecule has 1 aliphatic rings. The third kappa shape index (κ3) is 2.53. The molecule has 0 spiro atoms. The molecule has 0 amide bonds. The third-order valence-corrected chi connectivity index (χ3v) is 2.45. The summed E-state index contributed by atoms with van der Waals surface area (Å²) in [4.78, 5) is 0. The maximum Gasteiger partial charge on any atom is 0.188 e. The highest BCUT2D eigenvalue weighted by Crippen LogP contribution is 2.39. The number of benzene rings is 1. The summed E-state index contributed by atoms with van der Waals surface area (Å²) in [5.74, 6) is 1.28. The van der Waals surface area contributed by atoms with E-state index in [1.54, 1.807) is 19.2 Å². The number of phenolic OH excluding ortho intramolecular Hbond substituents is 1. The zero-order valence-corrected chi connectivity index (χ0v) is 10.2. The van der Waals surface area contributed by atoms with Crippen LogP contribution in [-0.2, 0) is 4.74 Å². The molecule has 0 unspecified atom stereocenters. The molecule has 1 heterocycles. The van der Waals surface area contributed by atoms with Crippen molar-refractivity contribution < 1.29 is 19.3 Å². The quantitative estimate of drug-likeness (QED) is 0.819. The fourth-order valence-corrected chi connectivity index (χ4v) is 1.68. The number of hydrogen-bond acceptors (Lipinski definition) is 4. The second-order valence-corrected chi connectivity index (χ2v) is 4.45. The Morgan fingerprint density at radius 2 is 2.12 bits per heavy atom. The lowest BCUT2D eigenvalue weighted by atomic mass is 10.0. The highest BCUT2D eigenvalue weighted by Gasteiger charge is 2.24. The van der Waals surface area contributed by atoms with Crippen molar-refractivity contribution in [3.8, 4) is 17.2 Å². The highest BCUT2D eigenvalue weighted by molar-refractivity contribution is 5.68. The van der Waals surface area contributed by atoms with Gasteiger partial charge in [0.1, 0.15) is 22.8 Å². The summed E-state index contributed by atoms with van der Waals surface area (Å²) in [5.41, 5.74) is 0.443. The van der Waals surface area contributed by atoms with Gasteiger partial charge in [0.25, 0.3) is 0 Å². The van der Waals surface area contributed by atoms with Crippen molar-refractivity contribution in [2.45, 2.75) is 19.4 Å². The van der Waals surface area contributed by atoms with Gasteiger partial charge in [0.15, 0.2) is 6.79 Å². The van der Waals surface area contributed by atoms with E-state index in [0.717, 1.165) is 5.56 Å². The molecule has 0 aromatic heterocycles. The normalized spacial score (nSPS) is 16.2. The number of fused-ring (bicyclic) bond motifs is 1. The molecular formula is C13H16O4. The maximum atomic E-state index is 9.61. The van der Waals surface area contributed by atoms with Crippen molar-refractivity contribution in [3.63, 3.8) is 0 Å². The number of ether oxygens (including phenoxy) is 3. The first-order chi connectivity index (χ1) is 8.02. The van der Waals surface area contributed by atoms with E-state index in [-0.39, 0.29) is 18.1 Å². The lowest BCUT2D eigenvalue weighted by molar-refractivity contribution is 0.0502. The van der Waals surface area contributed by atoms with E-state index in [2.05, 4.69) is 0 Å². The van der Waals surface area contributed by atoms with Gasteiger partial charge < -0.3 is 19.3 Å². The van der Waals surface area contributed by atoms with Crippen LogP contribution in [0.2, 0.25) is 0 Å². The van der Waals surface area contributed by atoms with E-state index in [4.69, 9.17) is 14.2 Å². The van der Waals surface area contributed by atoms with Crippen LogP contribution in [0.25, 0.3) is 6.08 Å². The summed E-state index contributed by atoms with van der Waals surface area (Å²) in [7, 11) is 1.55. The number of methoxy groups -OCH3 is 1. The second-order valence-electron chi connectivity index (χ2n) is 4.45. The second kappa shape index (κ2) is 4.30. The van der Waals surface area contributed by atoms with Gasteiger partial charge >= 0.3 is 0 Å². The summed E-state index contributed by atoms with van der Waals surface area (Å²) in [5, 5.41) is 9.61. The minimum Gasteiger partial charge on any atom is -0.508 e. The number of aromatic hydroxyl groups is 1. The van der Waals surface area contributed by atoms with Crippen molar-refractivity contribution in [1.29, 1.82) is 0 Å². The predicted octanol–water partition coefficient (Wildman–Crippen LogP) is 2.56. The lowest BCUT2D eigenvalue weighted by Crippen LogP contribution is -2.27. The molecule has 17 heavy (non-hydrogen) atoms. The molecule has 4 nitrogen and oxygen atoms in total. The molecule has 1 aliphatic heterocycles. The van der Waals surface area contributed by atoms with Crippen LogP contribution in [0.5, 0.6) is 17.2 Å². The van der Waals surface area contributed by atoms with E-state index in [1.807, 2.05) is 26.0 Å². The Morgan fingerprint density at radius 3 is 2.82 bits per heavy atom. The third-order valence-electron chi connectivity index (χ3n) is 2.45. The molecular weight excluding hydrogens is 220 g/mol. The molecule has 0 saturated heterocycles. The number of hydrogen-bond donors (Lipinski definition) is 1. The predicted molar refractivity (Wildman–Crippen MR) is 64.4 cm³/mol. The summed E-state index contributed by atoms with van der Waals surface area (Å²) >= 11 is 0. The molecule has 4 heteroatoms. The Morgan fingerprint density at radius 1 is 1.35 bits per heavy atom. The minimum atomic E-state index is -0.376. The van der Waals surface area contributed by atoms with Crippen molar-refractivity contribution in [2.24, 2.45) is 0 Å². The lowest BCUT2D eigenvalue weighted by Gasteiger charge is -2.28. The topological polar surface area (TPSA) is 47.9 Å². The Kier molecular flexibility index (Phi) is 2.98. The highest BCUT2D eigenvalue weighted by atomic mass is 16.7. The van der Waals surface area contributed by atoms with Gasteiger partial charge in [-0.3, -0.25) is 0 Å². The van der Waals surface area contributed by atoms with Crippen LogP contribution in [-0.4, -0.2) is 24.6 Å². The van der Waals surface area contributed by atoms with Crippen molar-refractivity contribution in [3.05, 3.63) is 23.8 Å². The van der Waals surface area contributed by atoms with Crippen LogP contribution in [0.4, 0.5) is 0 Å². The maximum absolute atomic E-state index is 9.61. The Hall–Kier alpha value is -1.68. The van der Waals surface area contributed by atoms with Crippen molar-refractivity contribution in [2.75, 3.05) is 13.9 Å². The van der Waals surface area contributed by atoms with Gasteiger partial charge in [-0.25, -0.2) is 0 Å². The monoisotopic (exact) mass is 236 g/mol. The van der Waals surface area contributed by atoms with E-state index >= 15 is 0 Å². The molecule has 1 aromatic carbocycles. The molecule has 0 radical (unpaired) electrons. The Balaban J connectivity index is 2.39. The van der Waals surface area contributed by atoms with Gasteiger partial charge in [-0.15, -0.1) is 0 Å². The molecule has 0 fully saturated rings. The zero-order chi connectivity index (χ0) is 12.5. The molecule has 1 N–H and O–H groups in total. The first-order valence-corrected chi connectivity index (χ1v) is 5.39. The van der Waals surface area contributed by atoms with Gasteiger partial charge in [-0.2, -0.15) is 0 Å². The minimum absolute atomic E-state index is 0.112. The largest absolute Gasteiger partial charge is 0.508 e. The van der Waals surface area contributed by atoms with Gasteiger partial charge in [0, 0.05) is 19.2 Å². The summed E-state index contributed by atoms with van der Waals surface area (Å²) < 4.78 is 16.0. The van der Waals surface area contributed by atoms with Crippen LogP contribution in [0.15, 0.2) is 18.2 Å². The van der Waals surface area contributed by atoms with Crippen molar-refractivity contribution in [1.82, 2.24) is 0 Å². The van der Waals surface area contributed by atoms with E-state index in [0.29, 0.717) is 11.5 Å². The molecule has 2 rings (SSSR count). The van der Waals surface area contributed by atoms with Gasteiger partial charge in [-0.05, 0) is 26.0 Å². The van der Waals surface area contributed by atoms with E-state index in [1.165, 1.54) is 0 Å². The number of phenols is 1.